The van der Waals surface area contributed by atoms with Gasteiger partial charge in [-0.2, -0.15) is 13.2 Å². The van der Waals surface area contributed by atoms with Crippen molar-refractivity contribution in [3.63, 3.8) is 0 Å². The molecule has 94 valence electrons. The zero-order chi connectivity index (χ0) is 13.2. The molecule has 0 aliphatic heterocycles. The van der Waals surface area contributed by atoms with E-state index in [2.05, 4.69) is 4.98 Å². The third-order valence-corrected chi connectivity index (χ3v) is 2.59. The van der Waals surface area contributed by atoms with E-state index in [9.17, 15) is 13.2 Å². The summed E-state index contributed by atoms with van der Waals surface area (Å²) in [5.41, 5.74) is 6.89. The van der Waals surface area contributed by atoms with Crippen molar-refractivity contribution >= 4 is 5.69 Å². The number of nitrogen functional groups attached to an aromatic ring is 1. The van der Waals surface area contributed by atoms with Crippen molar-refractivity contribution in [2.24, 2.45) is 0 Å². The minimum absolute atomic E-state index is 0.337. The second kappa shape index (κ2) is 4.68. The van der Waals surface area contributed by atoms with Gasteiger partial charge in [-0.05, 0) is 23.3 Å². The second-order valence-electron chi connectivity index (χ2n) is 3.95. The lowest BCUT2D eigenvalue weighted by Gasteiger charge is -2.09. The zero-order valence-corrected chi connectivity index (χ0v) is 9.41. The Labute approximate surface area is 102 Å². The van der Waals surface area contributed by atoms with Gasteiger partial charge in [0.15, 0.2) is 0 Å². The SMILES string of the molecule is Nc1ccncc1Cc1cccc(C(F)(F)F)c1. The Morgan fingerprint density at radius 2 is 1.94 bits per heavy atom. The zero-order valence-electron chi connectivity index (χ0n) is 9.41. The van der Waals surface area contributed by atoms with Crippen LogP contribution in [-0.2, 0) is 12.6 Å². The van der Waals surface area contributed by atoms with Crippen LogP contribution >= 0.6 is 0 Å². The fourth-order valence-electron chi connectivity index (χ4n) is 1.66. The van der Waals surface area contributed by atoms with E-state index in [4.69, 9.17) is 5.73 Å². The number of benzene rings is 1. The predicted octanol–water partition coefficient (Wildman–Crippen LogP) is 3.27. The highest BCUT2D eigenvalue weighted by molar-refractivity contribution is 5.47. The van der Waals surface area contributed by atoms with Gasteiger partial charge in [-0.1, -0.05) is 18.2 Å². The molecule has 0 saturated heterocycles. The number of aromatic nitrogens is 1. The molecule has 0 amide bonds. The molecule has 2 nitrogen and oxygen atoms in total. The van der Waals surface area contributed by atoms with Gasteiger partial charge in [0.2, 0.25) is 0 Å². The van der Waals surface area contributed by atoms with Gasteiger partial charge in [0, 0.05) is 24.5 Å². The summed E-state index contributed by atoms with van der Waals surface area (Å²) < 4.78 is 37.6. The molecule has 0 radical (unpaired) electrons. The number of hydrogen-bond donors (Lipinski definition) is 1. The van der Waals surface area contributed by atoms with Crippen LogP contribution in [0.4, 0.5) is 18.9 Å². The molecule has 0 unspecified atom stereocenters. The summed E-state index contributed by atoms with van der Waals surface area (Å²) in [6, 6.07) is 6.85. The van der Waals surface area contributed by atoms with Gasteiger partial charge in [0.05, 0.1) is 5.56 Å². The van der Waals surface area contributed by atoms with E-state index in [0.29, 0.717) is 17.7 Å². The van der Waals surface area contributed by atoms with Gasteiger partial charge < -0.3 is 5.73 Å². The van der Waals surface area contributed by atoms with Crippen molar-refractivity contribution in [2.75, 3.05) is 5.73 Å². The minimum Gasteiger partial charge on any atom is -0.398 e. The summed E-state index contributed by atoms with van der Waals surface area (Å²) >= 11 is 0. The van der Waals surface area contributed by atoms with Crippen molar-refractivity contribution in [2.45, 2.75) is 12.6 Å². The molecular formula is C13H11F3N2. The molecule has 0 aliphatic rings. The maximum Gasteiger partial charge on any atom is 0.416 e. The molecule has 2 aromatic rings. The largest absolute Gasteiger partial charge is 0.416 e. The number of hydrogen-bond acceptors (Lipinski definition) is 2. The average Bonchev–Trinajstić information content (AvgIpc) is 2.31. The molecule has 2 rings (SSSR count). The van der Waals surface area contributed by atoms with Crippen LogP contribution in [0.25, 0.3) is 0 Å². The molecule has 18 heavy (non-hydrogen) atoms. The van der Waals surface area contributed by atoms with Gasteiger partial charge in [-0.3, -0.25) is 4.98 Å². The summed E-state index contributed by atoms with van der Waals surface area (Å²) in [6.45, 7) is 0. The molecule has 1 aromatic carbocycles. The molecule has 1 aromatic heterocycles. The van der Waals surface area contributed by atoms with Gasteiger partial charge in [0.1, 0.15) is 0 Å². The van der Waals surface area contributed by atoms with Crippen LogP contribution < -0.4 is 5.73 Å². The van der Waals surface area contributed by atoms with Crippen molar-refractivity contribution in [3.8, 4) is 0 Å². The highest BCUT2D eigenvalue weighted by Crippen LogP contribution is 2.30. The first kappa shape index (κ1) is 12.4. The molecule has 5 heteroatoms. The fraction of sp³-hybridized carbons (Fsp3) is 0.154. The van der Waals surface area contributed by atoms with Crippen molar-refractivity contribution < 1.29 is 13.2 Å². The van der Waals surface area contributed by atoms with Crippen LogP contribution in [-0.4, -0.2) is 4.98 Å². The number of nitrogens with zero attached hydrogens (tertiary/aromatic N) is 1. The highest BCUT2D eigenvalue weighted by Gasteiger charge is 2.30. The van der Waals surface area contributed by atoms with E-state index in [1.54, 1.807) is 24.5 Å². The third kappa shape index (κ3) is 2.80. The summed E-state index contributed by atoms with van der Waals surface area (Å²) in [7, 11) is 0. The summed E-state index contributed by atoms with van der Waals surface area (Å²) in [6.07, 6.45) is -0.874. The lowest BCUT2D eigenvalue weighted by atomic mass is 10.0. The number of anilines is 1. The Morgan fingerprint density at radius 1 is 1.17 bits per heavy atom. The molecule has 0 fully saturated rings. The van der Waals surface area contributed by atoms with Gasteiger partial charge in [0.25, 0.3) is 0 Å². The number of rotatable bonds is 2. The molecule has 0 bridgehead atoms. The molecule has 0 aliphatic carbocycles. The van der Waals surface area contributed by atoms with E-state index in [0.717, 1.165) is 17.7 Å². The first-order valence-corrected chi connectivity index (χ1v) is 5.31. The Bertz CT molecular complexity index is 550. The lowest BCUT2D eigenvalue weighted by molar-refractivity contribution is -0.137. The van der Waals surface area contributed by atoms with Crippen molar-refractivity contribution in [1.82, 2.24) is 4.98 Å². The Balaban J connectivity index is 2.28. The maximum absolute atomic E-state index is 12.5. The number of nitrogens with two attached hydrogens (primary N) is 1. The standard InChI is InChI=1S/C13H11F3N2/c14-13(15,16)11-3-1-2-9(7-11)6-10-8-18-5-4-12(10)17/h1-5,7-8H,6H2,(H2,17,18). The van der Waals surface area contributed by atoms with Crippen LogP contribution in [0, 0.1) is 0 Å². The normalized spacial score (nSPS) is 11.5. The molecule has 0 saturated carbocycles. The third-order valence-electron chi connectivity index (χ3n) is 2.59. The topological polar surface area (TPSA) is 38.9 Å². The van der Waals surface area contributed by atoms with Crippen LogP contribution in [0.15, 0.2) is 42.7 Å². The van der Waals surface area contributed by atoms with E-state index >= 15 is 0 Å². The van der Waals surface area contributed by atoms with Crippen molar-refractivity contribution in [1.29, 1.82) is 0 Å². The fourth-order valence-corrected chi connectivity index (χ4v) is 1.66. The highest BCUT2D eigenvalue weighted by atomic mass is 19.4. The lowest BCUT2D eigenvalue weighted by Crippen LogP contribution is -2.05. The van der Waals surface area contributed by atoms with Crippen LogP contribution in [0.3, 0.4) is 0 Å². The quantitative estimate of drug-likeness (QED) is 0.890. The Morgan fingerprint density at radius 3 is 2.61 bits per heavy atom. The number of halogens is 3. The van der Waals surface area contributed by atoms with E-state index in [-0.39, 0.29) is 0 Å². The Hall–Kier alpha value is -2.04. The second-order valence-corrected chi connectivity index (χ2v) is 3.95. The van der Waals surface area contributed by atoms with Gasteiger partial charge >= 0.3 is 6.18 Å². The van der Waals surface area contributed by atoms with E-state index in [1.807, 2.05) is 0 Å². The summed E-state index contributed by atoms with van der Waals surface area (Å²) in [4.78, 5) is 3.91. The average molecular weight is 252 g/mol. The van der Waals surface area contributed by atoms with E-state index < -0.39 is 11.7 Å². The summed E-state index contributed by atoms with van der Waals surface area (Å²) in [5, 5.41) is 0. The van der Waals surface area contributed by atoms with Crippen LogP contribution in [0.5, 0.6) is 0 Å². The maximum atomic E-state index is 12.5. The Kier molecular flexibility index (Phi) is 3.23. The first-order chi connectivity index (χ1) is 8.47. The predicted molar refractivity (Wildman–Crippen MR) is 62.9 cm³/mol. The van der Waals surface area contributed by atoms with Crippen molar-refractivity contribution in [3.05, 3.63) is 59.4 Å². The van der Waals surface area contributed by atoms with Crippen LogP contribution in [0.1, 0.15) is 16.7 Å². The molecular weight excluding hydrogens is 241 g/mol. The summed E-state index contributed by atoms with van der Waals surface area (Å²) in [5.74, 6) is 0. The number of pyridine rings is 1. The van der Waals surface area contributed by atoms with Crippen LogP contribution in [0.2, 0.25) is 0 Å². The molecule has 0 spiro atoms. The molecule has 2 N–H and O–H groups in total. The molecule has 0 atom stereocenters. The monoisotopic (exact) mass is 252 g/mol. The van der Waals surface area contributed by atoms with Gasteiger partial charge in [-0.25, -0.2) is 0 Å². The van der Waals surface area contributed by atoms with E-state index in [1.165, 1.54) is 6.07 Å². The smallest absolute Gasteiger partial charge is 0.398 e. The molecule has 1 heterocycles. The van der Waals surface area contributed by atoms with Gasteiger partial charge in [-0.15, -0.1) is 0 Å². The minimum atomic E-state index is -4.32. The first-order valence-electron chi connectivity index (χ1n) is 5.31. The number of alkyl halides is 3.